The van der Waals surface area contributed by atoms with Crippen LogP contribution in [0.5, 0.6) is 0 Å². The second-order valence-corrected chi connectivity index (χ2v) is 5.04. The molecular formula is C12H19NO2. The molecule has 84 valence electrons. The molecule has 1 unspecified atom stereocenters. The molecule has 0 aliphatic carbocycles. The predicted octanol–water partition coefficient (Wildman–Crippen LogP) is 2.28. The highest BCUT2D eigenvalue weighted by Gasteiger charge is 2.26. The van der Waals surface area contributed by atoms with Crippen molar-refractivity contribution in [1.82, 2.24) is 5.32 Å². The van der Waals surface area contributed by atoms with E-state index in [2.05, 4.69) is 19.2 Å². The van der Waals surface area contributed by atoms with Gasteiger partial charge in [0.15, 0.2) is 0 Å². The third-order valence-electron chi connectivity index (χ3n) is 2.69. The van der Waals surface area contributed by atoms with E-state index in [0.29, 0.717) is 0 Å². The summed E-state index contributed by atoms with van der Waals surface area (Å²) in [6, 6.07) is 3.98. The minimum atomic E-state index is 0.0560. The number of rotatable bonds is 1. The number of furan rings is 1. The summed E-state index contributed by atoms with van der Waals surface area (Å²) < 4.78 is 11.4. The number of aryl methyl sites for hydroxylation is 1. The zero-order chi connectivity index (χ0) is 10.9. The standard InChI is InChI=1S/C12H19NO2/c1-9-4-5-10(15-9)11-6-13-7-12(2,3)8-14-11/h4-5,11,13H,6-8H2,1-3H3. The Morgan fingerprint density at radius 1 is 1.40 bits per heavy atom. The first-order chi connectivity index (χ1) is 7.07. The second-order valence-electron chi connectivity index (χ2n) is 5.04. The molecule has 0 aromatic carbocycles. The zero-order valence-corrected chi connectivity index (χ0v) is 9.67. The molecule has 1 aromatic heterocycles. The minimum Gasteiger partial charge on any atom is -0.464 e. The van der Waals surface area contributed by atoms with Gasteiger partial charge < -0.3 is 14.5 Å². The Morgan fingerprint density at radius 2 is 2.20 bits per heavy atom. The topological polar surface area (TPSA) is 34.4 Å². The van der Waals surface area contributed by atoms with Gasteiger partial charge in [-0.25, -0.2) is 0 Å². The molecule has 0 spiro atoms. The van der Waals surface area contributed by atoms with Crippen LogP contribution in [0, 0.1) is 12.3 Å². The van der Waals surface area contributed by atoms with Crippen LogP contribution in [-0.4, -0.2) is 19.7 Å². The van der Waals surface area contributed by atoms with Crippen LogP contribution >= 0.6 is 0 Å². The van der Waals surface area contributed by atoms with Gasteiger partial charge in [0.05, 0.1) is 6.61 Å². The lowest BCUT2D eigenvalue weighted by molar-refractivity contribution is 0.0143. The Hall–Kier alpha value is -0.800. The first-order valence-corrected chi connectivity index (χ1v) is 5.45. The van der Waals surface area contributed by atoms with Crippen LogP contribution in [0.4, 0.5) is 0 Å². The van der Waals surface area contributed by atoms with Crippen molar-refractivity contribution in [2.45, 2.75) is 26.9 Å². The van der Waals surface area contributed by atoms with Crippen molar-refractivity contribution in [3.63, 3.8) is 0 Å². The summed E-state index contributed by atoms with van der Waals surface area (Å²) in [5, 5.41) is 3.41. The van der Waals surface area contributed by atoms with Crippen LogP contribution < -0.4 is 5.32 Å². The SMILES string of the molecule is Cc1ccc(C2CNCC(C)(C)CO2)o1. The molecule has 1 aliphatic heterocycles. The summed E-state index contributed by atoms with van der Waals surface area (Å²) >= 11 is 0. The van der Waals surface area contributed by atoms with Gasteiger partial charge in [0.1, 0.15) is 17.6 Å². The molecule has 0 radical (unpaired) electrons. The molecule has 15 heavy (non-hydrogen) atoms. The fraction of sp³-hybridized carbons (Fsp3) is 0.667. The lowest BCUT2D eigenvalue weighted by Crippen LogP contribution is -2.29. The first-order valence-electron chi connectivity index (χ1n) is 5.45. The molecule has 1 N–H and O–H groups in total. The molecule has 0 bridgehead atoms. The van der Waals surface area contributed by atoms with Crippen LogP contribution in [0.25, 0.3) is 0 Å². The Kier molecular flexibility index (Phi) is 2.85. The first kappa shape index (κ1) is 10.7. The second kappa shape index (κ2) is 3.99. The minimum absolute atomic E-state index is 0.0560. The monoisotopic (exact) mass is 209 g/mol. The predicted molar refractivity (Wildman–Crippen MR) is 58.8 cm³/mol. The molecule has 1 atom stereocenters. The maximum Gasteiger partial charge on any atom is 0.134 e. The normalized spacial score (nSPS) is 26.2. The quantitative estimate of drug-likeness (QED) is 0.770. The number of hydrogen-bond donors (Lipinski definition) is 1. The number of hydrogen-bond acceptors (Lipinski definition) is 3. The van der Waals surface area contributed by atoms with Crippen molar-refractivity contribution < 1.29 is 9.15 Å². The molecule has 3 nitrogen and oxygen atoms in total. The fourth-order valence-electron chi connectivity index (χ4n) is 1.79. The van der Waals surface area contributed by atoms with E-state index in [4.69, 9.17) is 9.15 Å². The van der Waals surface area contributed by atoms with Crippen LogP contribution in [-0.2, 0) is 4.74 Å². The lowest BCUT2D eigenvalue weighted by Gasteiger charge is -2.21. The van der Waals surface area contributed by atoms with Crippen LogP contribution in [0.2, 0.25) is 0 Å². The van der Waals surface area contributed by atoms with Crippen molar-refractivity contribution in [1.29, 1.82) is 0 Å². The molecule has 1 fully saturated rings. The molecule has 1 aromatic rings. The maximum atomic E-state index is 5.86. The zero-order valence-electron chi connectivity index (χ0n) is 9.67. The molecule has 0 saturated carbocycles. The largest absolute Gasteiger partial charge is 0.464 e. The van der Waals surface area contributed by atoms with Crippen molar-refractivity contribution >= 4 is 0 Å². The van der Waals surface area contributed by atoms with Crippen LogP contribution in [0.3, 0.4) is 0 Å². The lowest BCUT2D eigenvalue weighted by atomic mass is 9.95. The van der Waals surface area contributed by atoms with Gasteiger partial charge in [0.25, 0.3) is 0 Å². The van der Waals surface area contributed by atoms with Gasteiger partial charge in [-0.05, 0) is 19.1 Å². The van der Waals surface area contributed by atoms with Gasteiger partial charge >= 0.3 is 0 Å². The van der Waals surface area contributed by atoms with E-state index in [1.165, 1.54) is 0 Å². The van der Waals surface area contributed by atoms with Crippen LogP contribution in [0.1, 0.15) is 31.5 Å². The number of ether oxygens (including phenoxy) is 1. The van der Waals surface area contributed by atoms with E-state index in [9.17, 15) is 0 Å². The third-order valence-corrected chi connectivity index (χ3v) is 2.69. The molecular weight excluding hydrogens is 190 g/mol. The molecule has 1 saturated heterocycles. The number of nitrogens with one attached hydrogen (secondary N) is 1. The van der Waals surface area contributed by atoms with E-state index in [-0.39, 0.29) is 11.5 Å². The molecule has 0 amide bonds. The smallest absolute Gasteiger partial charge is 0.134 e. The fourth-order valence-corrected chi connectivity index (χ4v) is 1.79. The highest BCUT2D eigenvalue weighted by molar-refractivity contribution is 5.09. The molecule has 2 rings (SSSR count). The van der Waals surface area contributed by atoms with Gasteiger partial charge in [-0.1, -0.05) is 13.8 Å². The van der Waals surface area contributed by atoms with Gasteiger partial charge in [0, 0.05) is 18.5 Å². The Labute approximate surface area is 90.8 Å². The summed E-state index contributed by atoms with van der Waals surface area (Å²) in [6.45, 7) is 8.95. The van der Waals surface area contributed by atoms with Gasteiger partial charge in [-0.15, -0.1) is 0 Å². The summed E-state index contributed by atoms with van der Waals surface area (Å²) in [4.78, 5) is 0. The highest BCUT2D eigenvalue weighted by atomic mass is 16.5. The van der Waals surface area contributed by atoms with E-state index in [1.807, 2.05) is 19.1 Å². The summed E-state index contributed by atoms with van der Waals surface area (Å²) in [6.07, 6.45) is 0.0560. The van der Waals surface area contributed by atoms with Crippen molar-refractivity contribution in [3.8, 4) is 0 Å². The van der Waals surface area contributed by atoms with Gasteiger partial charge in [-0.2, -0.15) is 0 Å². The maximum absolute atomic E-state index is 5.86. The van der Waals surface area contributed by atoms with E-state index < -0.39 is 0 Å². The summed E-state index contributed by atoms with van der Waals surface area (Å²) in [7, 11) is 0. The van der Waals surface area contributed by atoms with E-state index in [0.717, 1.165) is 31.2 Å². The average molecular weight is 209 g/mol. The Morgan fingerprint density at radius 3 is 2.87 bits per heavy atom. The van der Waals surface area contributed by atoms with E-state index >= 15 is 0 Å². The van der Waals surface area contributed by atoms with Gasteiger partial charge in [-0.3, -0.25) is 0 Å². The van der Waals surface area contributed by atoms with Crippen molar-refractivity contribution in [3.05, 3.63) is 23.7 Å². The van der Waals surface area contributed by atoms with E-state index in [1.54, 1.807) is 0 Å². The third kappa shape index (κ3) is 2.61. The Bertz CT molecular complexity index is 330. The average Bonchev–Trinajstić information content (AvgIpc) is 2.49. The van der Waals surface area contributed by atoms with Crippen LogP contribution in [0.15, 0.2) is 16.5 Å². The van der Waals surface area contributed by atoms with Crippen molar-refractivity contribution in [2.75, 3.05) is 19.7 Å². The Balaban J connectivity index is 2.05. The molecule has 3 heteroatoms. The summed E-state index contributed by atoms with van der Waals surface area (Å²) in [5.74, 6) is 1.87. The van der Waals surface area contributed by atoms with Gasteiger partial charge in [0.2, 0.25) is 0 Å². The highest BCUT2D eigenvalue weighted by Crippen LogP contribution is 2.26. The summed E-state index contributed by atoms with van der Waals surface area (Å²) in [5.41, 5.74) is 0.205. The molecule has 1 aliphatic rings. The van der Waals surface area contributed by atoms with Crippen molar-refractivity contribution in [2.24, 2.45) is 5.41 Å². The molecule has 2 heterocycles.